The van der Waals surface area contributed by atoms with E-state index in [0.29, 0.717) is 18.4 Å². The molecule has 0 bridgehead atoms. The first-order chi connectivity index (χ1) is 15.2. The highest BCUT2D eigenvalue weighted by Crippen LogP contribution is 2.50. The van der Waals surface area contributed by atoms with Gasteiger partial charge in [0.1, 0.15) is 0 Å². The van der Waals surface area contributed by atoms with Crippen molar-refractivity contribution in [1.82, 2.24) is 5.32 Å². The standard InChI is InChI=1S/C28H28N2O/c1-19-8-5-11-21(18-19)26-23-13-6-12-22(23)24-14-7-15-25(27(24)30-26)28(31)29-17-16-20-9-3-2-4-10-20/h2-12,14-15,18,22-23,26,30H,13,16-17H2,1H3,(H,29,31). The third kappa shape index (κ3) is 3.88. The van der Waals surface area contributed by atoms with E-state index in [1.807, 2.05) is 30.3 Å². The van der Waals surface area contributed by atoms with Crippen molar-refractivity contribution >= 4 is 11.6 Å². The van der Waals surface area contributed by atoms with E-state index >= 15 is 0 Å². The van der Waals surface area contributed by atoms with Crippen LogP contribution in [0.25, 0.3) is 0 Å². The molecule has 3 atom stereocenters. The predicted molar refractivity (Wildman–Crippen MR) is 126 cm³/mol. The molecule has 3 aromatic rings. The van der Waals surface area contributed by atoms with Crippen LogP contribution in [0.4, 0.5) is 5.69 Å². The summed E-state index contributed by atoms with van der Waals surface area (Å²) < 4.78 is 0. The highest BCUT2D eigenvalue weighted by Gasteiger charge is 2.39. The maximum absolute atomic E-state index is 13.1. The second kappa shape index (κ2) is 8.43. The van der Waals surface area contributed by atoms with Crippen LogP contribution in [0.3, 0.4) is 0 Å². The normalized spacial score (nSPS) is 21.1. The van der Waals surface area contributed by atoms with Crippen LogP contribution in [0.2, 0.25) is 0 Å². The average molecular weight is 409 g/mol. The average Bonchev–Trinajstić information content (AvgIpc) is 3.29. The zero-order valence-corrected chi connectivity index (χ0v) is 17.8. The summed E-state index contributed by atoms with van der Waals surface area (Å²) in [4.78, 5) is 13.1. The molecule has 156 valence electrons. The van der Waals surface area contributed by atoms with Crippen molar-refractivity contribution in [2.75, 3.05) is 11.9 Å². The number of hydrogen-bond acceptors (Lipinski definition) is 2. The summed E-state index contributed by atoms with van der Waals surface area (Å²) in [7, 11) is 0. The molecule has 5 rings (SSSR count). The van der Waals surface area contributed by atoms with Crippen LogP contribution < -0.4 is 10.6 Å². The fraction of sp³-hybridized carbons (Fsp3) is 0.250. The summed E-state index contributed by atoms with van der Waals surface area (Å²) in [5.41, 5.74) is 6.75. The van der Waals surface area contributed by atoms with Crippen molar-refractivity contribution in [2.45, 2.75) is 31.7 Å². The van der Waals surface area contributed by atoms with Crippen LogP contribution in [0, 0.1) is 12.8 Å². The predicted octanol–water partition coefficient (Wildman–Crippen LogP) is 5.79. The molecule has 3 nitrogen and oxygen atoms in total. The van der Waals surface area contributed by atoms with Crippen LogP contribution in [-0.2, 0) is 6.42 Å². The van der Waals surface area contributed by atoms with Gasteiger partial charge in [0.25, 0.3) is 5.91 Å². The van der Waals surface area contributed by atoms with Gasteiger partial charge in [0.15, 0.2) is 0 Å². The van der Waals surface area contributed by atoms with Crippen LogP contribution in [0.1, 0.15) is 51.0 Å². The van der Waals surface area contributed by atoms with Crippen molar-refractivity contribution in [3.05, 3.63) is 113 Å². The van der Waals surface area contributed by atoms with Gasteiger partial charge in [0.05, 0.1) is 17.3 Å². The van der Waals surface area contributed by atoms with Gasteiger partial charge in [0, 0.05) is 12.5 Å². The second-order valence-corrected chi connectivity index (χ2v) is 8.65. The number of hydrogen-bond donors (Lipinski definition) is 2. The fourth-order valence-corrected chi connectivity index (χ4v) is 5.06. The Morgan fingerprint density at radius 2 is 1.87 bits per heavy atom. The summed E-state index contributed by atoms with van der Waals surface area (Å²) in [6, 6.07) is 25.3. The summed E-state index contributed by atoms with van der Waals surface area (Å²) in [5, 5.41) is 6.89. The fourth-order valence-electron chi connectivity index (χ4n) is 5.06. The minimum absolute atomic E-state index is 0.0105. The number of carbonyl (C=O) groups is 1. The van der Waals surface area contributed by atoms with Gasteiger partial charge < -0.3 is 10.6 Å². The zero-order chi connectivity index (χ0) is 21.2. The number of rotatable bonds is 5. The monoisotopic (exact) mass is 408 g/mol. The van der Waals surface area contributed by atoms with Crippen molar-refractivity contribution in [3.63, 3.8) is 0 Å². The molecule has 0 fully saturated rings. The molecule has 1 heterocycles. The topological polar surface area (TPSA) is 41.1 Å². The molecule has 0 spiro atoms. The van der Waals surface area contributed by atoms with Gasteiger partial charge in [-0.3, -0.25) is 4.79 Å². The SMILES string of the molecule is Cc1cccc(C2Nc3c(C(=O)NCCc4ccccc4)cccc3C3C=CCC32)c1. The first-order valence-corrected chi connectivity index (χ1v) is 11.2. The maximum Gasteiger partial charge on any atom is 0.253 e. The third-order valence-electron chi connectivity index (χ3n) is 6.58. The molecule has 0 aromatic heterocycles. The Morgan fingerprint density at radius 3 is 2.71 bits per heavy atom. The van der Waals surface area contributed by atoms with Gasteiger partial charge in [-0.1, -0.05) is 84.4 Å². The van der Waals surface area contributed by atoms with E-state index in [9.17, 15) is 4.79 Å². The lowest BCUT2D eigenvalue weighted by atomic mass is 9.76. The van der Waals surface area contributed by atoms with Gasteiger partial charge in [-0.25, -0.2) is 0 Å². The van der Waals surface area contributed by atoms with Gasteiger partial charge in [-0.2, -0.15) is 0 Å². The number of fused-ring (bicyclic) bond motifs is 3. The number of amides is 1. The molecule has 1 aliphatic carbocycles. The molecule has 0 radical (unpaired) electrons. The number of carbonyl (C=O) groups excluding carboxylic acids is 1. The molecule has 0 saturated carbocycles. The quantitative estimate of drug-likeness (QED) is 0.524. The first kappa shape index (κ1) is 19.6. The summed E-state index contributed by atoms with van der Waals surface area (Å²) in [6.07, 6.45) is 6.50. The number of benzene rings is 3. The lowest BCUT2D eigenvalue weighted by Crippen LogP contribution is -2.32. The summed E-state index contributed by atoms with van der Waals surface area (Å²) in [6.45, 7) is 2.76. The van der Waals surface area contributed by atoms with E-state index in [2.05, 4.69) is 72.2 Å². The summed E-state index contributed by atoms with van der Waals surface area (Å²) >= 11 is 0. The number of nitrogens with one attached hydrogen (secondary N) is 2. The molecule has 0 saturated heterocycles. The van der Waals surface area contributed by atoms with E-state index in [-0.39, 0.29) is 11.9 Å². The molecular formula is C28H28N2O. The van der Waals surface area contributed by atoms with Crippen molar-refractivity contribution in [3.8, 4) is 0 Å². The van der Waals surface area contributed by atoms with E-state index in [1.54, 1.807) is 0 Å². The largest absolute Gasteiger partial charge is 0.377 e. The molecule has 3 unspecified atom stereocenters. The van der Waals surface area contributed by atoms with Crippen LogP contribution in [-0.4, -0.2) is 12.5 Å². The van der Waals surface area contributed by atoms with Gasteiger partial charge in [-0.15, -0.1) is 0 Å². The van der Waals surface area contributed by atoms with Gasteiger partial charge in [-0.05, 0) is 48.4 Å². The number of allylic oxidation sites excluding steroid dienone is 2. The highest BCUT2D eigenvalue weighted by atomic mass is 16.1. The molecular weight excluding hydrogens is 380 g/mol. The van der Waals surface area contributed by atoms with Crippen LogP contribution in [0.5, 0.6) is 0 Å². The third-order valence-corrected chi connectivity index (χ3v) is 6.58. The number of anilines is 1. The molecule has 3 heteroatoms. The zero-order valence-electron chi connectivity index (χ0n) is 17.8. The first-order valence-electron chi connectivity index (χ1n) is 11.2. The van der Waals surface area contributed by atoms with E-state index < -0.39 is 0 Å². The molecule has 2 N–H and O–H groups in total. The van der Waals surface area contributed by atoms with Crippen molar-refractivity contribution < 1.29 is 4.79 Å². The van der Waals surface area contributed by atoms with E-state index in [0.717, 1.165) is 24.1 Å². The Labute approximate surface area is 184 Å². The number of para-hydroxylation sites is 1. The molecule has 31 heavy (non-hydrogen) atoms. The van der Waals surface area contributed by atoms with E-state index in [1.165, 1.54) is 22.3 Å². The molecule has 2 aliphatic rings. The Balaban J connectivity index is 1.41. The molecule has 3 aromatic carbocycles. The highest BCUT2D eigenvalue weighted by molar-refractivity contribution is 6.00. The van der Waals surface area contributed by atoms with Crippen molar-refractivity contribution in [1.29, 1.82) is 0 Å². The van der Waals surface area contributed by atoms with Crippen LogP contribution in [0.15, 0.2) is 84.9 Å². The van der Waals surface area contributed by atoms with Gasteiger partial charge in [0.2, 0.25) is 0 Å². The Bertz CT molecular complexity index is 1120. The van der Waals surface area contributed by atoms with Crippen molar-refractivity contribution in [2.24, 2.45) is 5.92 Å². The van der Waals surface area contributed by atoms with E-state index in [4.69, 9.17) is 0 Å². The molecule has 1 amide bonds. The Kier molecular flexibility index (Phi) is 5.33. The van der Waals surface area contributed by atoms with Crippen LogP contribution >= 0.6 is 0 Å². The minimum atomic E-state index is -0.0105. The lowest BCUT2D eigenvalue weighted by Gasteiger charge is -2.38. The molecule has 1 aliphatic heterocycles. The Morgan fingerprint density at radius 1 is 1.03 bits per heavy atom. The van der Waals surface area contributed by atoms with Gasteiger partial charge >= 0.3 is 0 Å². The minimum Gasteiger partial charge on any atom is -0.377 e. The Hall–Kier alpha value is -3.33. The second-order valence-electron chi connectivity index (χ2n) is 8.65. The summed E-state index contributed by atoms with van der Waals surface area (Å²) in [5.74, 6) is 0.813. The number of aryl methyl sites for hydroxylation is 1. The smallest absolute Gasteiger partial charge is 0.253 e. The lowest BCUT2D eigenvalue weighted by molar-refractivity contribution is 0.0954. The maximum atomic E-state index is 13.1.